The predicted octanol–water partition coefficient (Wildman–Crippen LogP) is 2.73. The molecule has 1 aliphatic rings. The van der Waals surface area contributed by atoms with Crippen molar-refractivity contribution in [3.8, 4) is 5.75 Å². The highest BCUT2D eigenvalue weighted by Gasteiger charge is 2.29. The van der Waals surface area contributed by atoms with Crippen LogP contribution in [-0.2, 0) is 6.42 Å². The zero-order valence-electron chi connectivity index (χ0n) is 10.3. The van der Waals surface area contributed by atoms with Gasteiger partial charge >= 0.3 is 0 Å². The van der Waals surface area contributed by atoms with Crippen LogP contribution in [0.15, 0.2) is 28.8 Å². The van der Waals surface area contributed by atoms with E-state index in [1.165, 1.54) is 0 Å². The third-order valence-electron chi connectivity index (χ3n) is 3.60. The fourth-order valence-corrected chi connectivity index (χ4v) is 2.78. The zero-order chi connectivity index (χ0) is 12.5. The van der Waals surface area contributed by atoms with Gasteiger partial charge in [0.15, 0.2) is 0 Å². The summed E-state index contributed by atoms with van der Waals surface area (Å²) in [6.07, 6.45) is 3.10. The van der Waals surface area contributed by atoms with Crippen LogP contribution >= 0.6 is 0 Å². The molecule has 94 valence electrons. The first-order valence-corrected chi connectivity index (χ1v) is 6.18. The largest absolute Gasteiger partial charge is 0.496 e. The lowest BCUT2D eigenvalue weighted by molar-refractivity contribution is 0.405. The molecule has 4 nitrogen and oxygen atoms in total. The van der Waals surface area contributed by atoms with E-state index in [-0.39, 0.29) is 5.92 Å². The van der Waals surface area contributed by atoms with E-state index >= 15 is 0 Å². The summed E-state index contributed by atoms with van der Waals surface area (Å²) in [4.78, 5) is 0. The van der Waals surface area contributed by atoms with Crippen LogP contribution in [0, 0.1) is 0 Å². The topological polar surface area (TPSA) is 61.3 Å². The fourth-order valence-electron chi connectivity index (χ4n) is 2.78. The second-order valence-corrected chi connectivity index (χ2v) is 4.59. The number of hydrogen-bond donors (Lipinski definition) is 1. The van der Waals surface area contributed by atoms with Crippen LogP contribution in [0.25, 0.3) is 0 Å². The molecule has 0 bridgehead atoms. The molecular weight excluding hydrogens is 228 g/mol. The predicted molar refractivity (Wildman–Crippen MR) is 68.7 cm³/mol. The van der Waals surface area contributed by atoms with Crippen LogP contribution in [0.5, 0.6) is 5.75 Å². The van der Waals surface area contributed by atoms with Gasteiger partial charge in [-0.25, -0.2) is 0 Å². The highest BCUT2D eigenvalue weighted by Crippen LogP contribution is 2.42. The van der Waals surface area contributed by atoms with E-state index in [1.54, 1.807) is 7.11 Å². The van der Waals surface area contributed by atoms with Gasteiger partial charge in [0.2, 0.25) is 5.88 Å². The van der Waals surface area contributed by atoms with E-state index in [0.717, 1.165) is 41.8 Å². The minimum Gasteiger partial charge on any atom is -0.496 e. The Morgan fingerprint density at radius 3 is 3.06 bits per heavy atom. The SMILES string of the molecule is COc1ccccc1C1CCCc2noc(N)c21. The van der Waals surface area contributed by atoms with Gasteiger partial charge in [0.1, 0.15) is 5.75 Å². The van der Waals surface area contributed by atoms with E-state index in [1.807, 2.05) is 18.2 Å². The van der Waals surface area contributed by atoms with Gasteiger partial charge < -0.3 is 15.0 Å². The van der Waals surface area contributed by atoms with Crippen molar-refractivity contribution in [1.82, 2.24) is 5.16 Å². The number of anilines is 1. The molecular formula is C14H16N2O2. The van der Waals surface area contributed by atoms with Crippen molar-refractivity contribution in [3.63, 3.8) is 0 Å². The van der Waals surface area contributed by atoms with Gasteiger partial charge in [-0.1, -0.05) is 23.4 Å². The van der Waals surface area contributed by atoms with E-state index in [4.69, 9.17) is 15.0 Å². The first-order chi connectivity index (χ1) is 8.81. The number of nitrogens with zero attached hydrogens (tertiary/aromatic N) is 1. The summed E-state index contributed by atoms with van der Waals surface area (Å²) in [5, 5.41) is 4.05. The van der Waals surface area contributed by atoms with E-state index in [2.05, 4.69) is 11.2 Å². The van der Waals surface area contributed by atoms with Crippen LogP contribution < -0.4 is 10.5 Å². The molecule has 1 heterocycles. The monoisotopic (exact) mass is 244 g/mol. The molecule has 0 aliphatic heterocycles. The van der Waals surface area contributed by atoms with Gasteiger partial charge in [0, 0.05) is 17.0 Å². The maximum atomic E-state index is 5.91. The minimum absolute atomic E-state index is 0.233. The third kappa shape index (κ3) is 1.65. The Bertz CT molecular complexity index is 563. The van der Waals surface area contributed by atoms with Crippen molar-refractivity contribution < 1.29 is 9.26 Å². The first-order valence-electron chi connectivity index (χ1n) is 6.18. The average molecular weight is 244 g/mol. The molecule has 1 aromatic heterocycles. The Morgan fingerprint density at radius 1 is 1.39 bits per heavy atom. The Labute approximate surface area is 106 Å². The molecule has 4 heteroatoms. The molecule has 1 atom stereocenters. The van der Waals surface area contributed by atoms with Crippen LogP contribution in [0.1, 0.15) is 35.6 Å². The van der Waals surface area contributed by atoms with Crippen molar-refractivity contribution in [2.45, 2.75) is 25.2 Å². The summed E-state index contributed by atoms with van der Waals surface area (Å²) in [5.74, 6) is 1.58. The highest BCUT2D eigenvalue weighted by molar-refractivity contribution is 5.51. The highest BCUT2D eigenvalue weighted by atomic mass is 16.5. The second kappa shape index (κ2) is 4.37. The van der Waals surface area contributed by atoms with Crippen LogP contribution in [0.2, 0.25) is 0 Å². The molecule has 2 aromatic rings. The summed E-state index contributed by atoms with van der Waals surface area (Å²) in [7, 11) is 1.69. The molecule has 3 rings (SSSR count). The van der Waals surface area contributed by atoms with Crippen LogP contribution in [-0.4, -0.2) is 12.3 Å². The Balaban J connectivity index is 2.10. The molecule has 1 aliphatic carbocycles. The van der Waals surface area contributed by atoms with Crippen molar-refractivity contribution in [1.29, 1.82) is 0 Å². The van der Waals surface area contributed by atoms with Gasteiger partial charge in [-0.2, -0.15) is 0 Å². The van der Waals surface area contributed by atoms with Crippen LogP contribution in [0.3, 0.4) is 0 Å². The van der Waals surface area contributed by atoms with Crippen molar-refractivity contribution >= 4 is 5.88 Å². The molecule has 2 N–H and O–H groups in total. The zero-order valence-corrected chi connectivity index (χ0v) is 10.3. The number of aromatic nitrogens is 1. The number of aryl methyl sites for hydroxylation is 1. The molecule has 0 amide bonds. The average Bonchev–Trinajstić information content (AvgIpc) is 2.81. The molecule has 18 heavy (non-hydrogen) atoms. The molecule has 0 saturated heterocycles. The maximum absolute atomic E-state index is 5.91. The van der Waals surface area contributed by atoms with Crippen LogP contribution in [0.4, 0.5) is 5.88 Å². The molecule has 1 unspecified atom stereocenters. The summed E-state index contributed by atoms with van der Waals surface area (Å²) >= 11 is 0. The van der Waals surface area contributed by atoms with E-state index in [9.17, 15) is 0 Å². The van der Waals surface area contributed by atoms with Crippen molar-refractivity contribution in [2.75, 3.05) is 12.8 Å². The molecule has 0 fully saturated rings. The lowest BCUT2D eigenvalue weighted by Gasteiger charge is -2.23. The lowest BCUT2D eigenvalue weighted by atomic mass is 9.81. The van der Waals surface area contributed by atoms with Gasteiger partial charge in [0.05, 0.1) is 12.8 Å². The molecule has 0 saturated carbocycles. The van der Waals surface area contributed by atoms with E-state index in [0.29, 0.717) is 5.88 Å². The maximum Gasteiger partial charge on any atom is 0.226 e. The Kier molecular flexibility index (Phi) is 2.70. The smallest absolute Gasteiger partial charge is 0.226 e. The normalized spacial score (nSPS) is 18.4. The summed E-state index contributed by atoms with van der Waals surface area (Å²) in [6, 6.07) is 8.07. The standard InChI is InChI=1S/C14H16N2O2/c1-17-12-8-3-2-5-9(12)10-6-4-7-11-13(10)14(15)18-16-11/h2-3,5,8,10H,4,6-7,15H2,1H3. The molecule has 0 spiro atoms. The number of ether oxygens (including phenoxy) is 1. The molecule has 0 radical (unpaired) electrons. The lowest BCUT2D eigenvalue weighted by Crippen LogP contribution is -2.12. The van der Waals surface area contributed by atoms with E-state index < -0.39 is 0 Å². The number of rotatable bonds is 2. The van der Waals surface area contributed by atoms with Gasteiger partial charge in [-0.15, -0.1) is 0 Å². The summed E-state index contributed by atoms with van der Waals surface area (Å²) < 4.78 is 10.6. The quantitative estimate of drug-likeness (QED) is 0.882. The second-order valence-electron chi connectivity index (χ2n) is 4.59. The summed E-state index contributed by atoms with van der Waals surface area (Å²) in [6.45, 7) is 0. The number of fused-ring (bicyclic) bond motifs is 1. The number of hydrogen-bond acceptors (Lipinski definition) is 4. The number of nitrogen functional groups attached to an aromatic ring is 1. The number of methoxy groups -OCH3 is 1. The van der Waals surface area contributed by atoms with Gasteiger partial charge in [-0.05, 0) is 25.3 Å². The van der Waals surface area contributed by atoms with Crippen molar-refractivity contribution in [2.24, 2.45) is 0 Å². The van der Waals surface area contributed by atoms with Gasteiger partial charge in [0.25, 0.3) is 0 Å². The Hall–Kier alpha value is -1.97. The number of nitrogens with two attached hydrogens (primary N) is 1. The number of benzene rings is 1. The minimum atomic E-state index is 0.233. The summed E-state index contributed by atoms with van der Waals surface area (Å²) in [5.41, 5.74) is 9.12. The van der Waals surface area contributed by atoms with Gasteiger partial charge in [-0.3, -0.25) is 0 Å². The fraction of sp³-hybridized carbons (Fsp3) is 0.357. The first kappa shape index (κ1) is 11.1. The molecule has 1 aromatic carbocycles. The third-order valence-corrected chi connectivity index (χ3v) is 3.60. The number of para-hydroxylation sites is 1. The Morgan fingerprint density at radius 2 is 2.22 bits per heavy atom. The van der Waals surface area contributed by atoms with Crippen molar-refractivity contribution in [3.05, 3.63) is 41.1 Å².